The number of ether oxygens (including phenoxy) is 1. The van der Waals surface area contributed by atoms with Crippen LogP contribution >= 0.6 is 0 Å². The molecule has 4 rings (SSSR count). The molecule has 218 valence electrons. The summed E-state index contributed by atoms with van der Waals surface area (Å²) in [5.41, 5.74) is 0.839. The van der Waals surface area contributed by atoms with Crippen molar-refractivity contribution in [3.63, 3.8) is 0 Å². The molecule has 0 saturated carbocycles. The SMILES string of the molecule is CC1CC(NC(=O)c2cc3ccccc3[nH]2)C(=O)N1C(CC1CCNC1=O)C(=O)COC(C(F)(F)F)C(F)(F)F. The van der Waals surface area contributed by atoms with Crippen LogP contribution in [0.2, 0.25) is 0 Å². The van der Waals surface area contributed by atoms with Crippen LogP contribution < -0.4 is 10.6 Å². The summed E-state index contributed by atoms with van der Waals surface area (Å²) in [5.74, 6) is -3.85. The average Bonchev–Trinajstić information content (AvgIpc) is 3.53. The molecule has 4 atom stereocenters. The van der Waals surface area contributed by atoms with E-state index in [4.69, 9.17) is 0 Å². The predicted molar refractivity (Wildman–Crippen MR) is 127 cm³/mol. The highest BCUT2D eigenvalue weighted by Gasteiger charge is 2.58. The average molecular weight is 576 g/mol. The molecule has 3 N–H and O–H groups in total. The number of hydrogen-bond acceptors (Lipinski definition) is 5. The summed E-state index contributed by atoms with van der Waals surface area (Å²) in [7, 11) is 0. The number of halogens is 6. The van der Waals surface area contributed by atoms with Crippen molar-refractivity contribution in [1.82, 2.24) is 20.5 Å². The molecule has 2 saturated heterocycles. The Balaban J connectivity index is 1.52. The number of carbonyl (C=O) groups is 4. The van der Waals surface area contributed by atoms with Crippen LogP contribution in [0.3, 0.4) is 0 Å². The number of carbonyl (C=O) groups excluding carboxylic acids is 4. The van der Waals surface area contributed by atoms with E-state index in [2.05, 4.69) is 20.4 Å². The van der Waals surface area contributed by atoms with Crippen LogP contribution in [0.5, 0.6) is 0 Å². The molecule has 1 aromatic carbocycles. The Morgan fingerprint density at radius 1 is 1.12 bits per heavy atom. The zero-order valence-electron chi connectivity index (χ0n) is 21.1. The first-order valence-corrected chi connectivity index (χ1v) is 12.4. The third-order valence-corrected chi connectivity index (χ3v) is 7.05. The molecule has 2 fully saturated rings. The number of nitrogens with zero attached hydrogens (tertiary/aromatic N) is 1. The summed E-state index contributed by atoms with van der Waals surface area (Å²) in [6.07, 6.45) is -15.9. The second kappa shape index (κ2) is 11.1. The van der Waals surface area contributed by atoms with Crippen LogP contribution in [0.1, 0.15) is 36.7 Å². The molecule has 9 nitrogen and oxygen atoms in total. The summed E-state index contributed by atoms with van der Waals surface area (Å²) in [4.78, 5) is 55.4. The Bertz CT molecular complexity index is 1250. The molecule has 1 aromatic heterocycles. The summed E-state index contributed by atoms with van der Waals surface area (Å²) < 4.78 is 81.6. The summed E-state index contributed by atoms with van der Waals surface area (Å²) in [6, 6.07) is 5.22. The van der Waals surface area contributed by atoms with Crippen molar-refractivity contribution in [2.45, 2.75) is 62.8 Å². The van der Waals surface area contributed by atoms with E-state index in [0.29, 0.717) is 5.52 Å². The van der Waals surface area contributed by atoms with E-state index in [1.165, 1.54) is 6.92 Å². The van der Waals surface area contributed by atoms with Gasteiger partial charge in [-0.05, 0) is 38.3 Å². The number of aromatic amines is 1. The predicted octanol–water partition coefficient (Wildman–Crippen LogP) is 2.86. The van der Waals surface area contributed by atoms with E-state index in [0.717, 1.165) is 10.3 Å². The zero-order chi connectivity index (χ0) is 29.4. The normalized spacial score (nSPS) is 22.7. The maximum Gasteiger partial charge on any atom is 0.423 e. The van der Waals surface area contributed by atoms with Crippen LogP contribution in [0.4, 0.5) is 26.3 Å². The summed E-state index contributed by atoms with van der Waals surface area (Å²) >= 11 is 0. The third-order valence-electron chi connectivity index (χ3n) is 7.05. The van der Waals surface area contributed by atoms with Gasteiger partial charge in [0.15, 0.2) is 5.78 Å². The van der Waals surface area contributed by atoms with Crippen LogP contribution in [-0.4, -0.2) is 83.1 Å². The van der Waals surface area contributed by atoms with Crippen molar-refractivity contribution in [3.05, 3.63) is 36.0 Å². The molecule has 2 aromatic rings. The molecule has 4 unspecified atom stereocenters. The first kappa shape index (κ1) is 29.4. The topological polar surface area (TPSA) is 121 Å². The first-order valence-electron chi connectivity index (χ1n) is 12.4. The number of nitrogens with one attached hydrogen (secondary N) is 3. The Morgan fingerprint density at radius 3 is 2.40 bits per heavy atom. The quantitative estimate of drug-likeness (QED) is 0.397. The number of alkyl halides is 6. The summed E-state index contributed by atoms with van der Waals surface area (Å²) in [6.45, 7) is 0.195. The fourth-order valence-corrected chi connectivity index (χ4v) is 5.14. The minimum Gasteiger partial charge on any atom is -0.356 e. The van der Waals surface area contributed by atoms with E-state index in [-0.39, 0.29) is 31.5 Å². The van der Waals surface area contributed by atoms with Gasteiger partial charge in [-0.3, -0.25) is 19.2 Å². The van der Waals surface area contributed by atoms with Gasteiger partial charge < -0.3 is 25.3 Å². The number of aromatic nitrogens is 1. The number of ketones is 1. The van der Waals surface area contributed by atoms with E-state index >= 15 is 0 Å². The van der Waals surface area contributed by atoms with E-state index < -0.39 is 72.6 Å². The first-order chi connectivity index (χ1) is 18.7. The van der Waals surface area contributed by atoms with Gasteiger partial charge in [0.25, 0.3) is 5.91 Å². The molecule has 2 aliphatic heterocycles. The number of likely N-dealkylation sites (tertiary alicyclic amines) is 1. The molecule has 0 aliphatic carbocycles. The smallest absolute Gasteiger partial charge is 0.356 e. The maximum absolute atomic E-state index is 13.4. The number of amides is 3. The second-order valence-corrected chi connectivity index (χ2v) is 9.90. The van der Waals surface area contributed by atoms with Crippen molar-refractivity contribution in [3.8, 4) is 0 Å². The fourth-order valence-electron chi connectivity index (χ4n) is 5.14. The zero-order valence-corrected chi connectivity index (χ0v) is 21.1. The van der Waals surface area contributed by atoms with Gasteiger partial charge in [-0.15, -0.1) is 0 Å². The Morgan fingerprint density at radius 2 is 1.80 bits per heavy atom. The van der Waals surface area contributed by atoms with E-state index in [9.17, 15) is 45.5 Å². The van der Waals surface area contributed by atoms with Gasteiger partial charge in [0.05, 0.1) is 6.04 Å². The van der Waals surface area contributed by atoms with Gasteiger partial charge >= 0.3 is 12.4 Å². The third kappa shape index (κ3) is 6.24. The Kier molecular flexibility index (Phi) is 8.15. The van der Waals surface area contributed by atoms with Crippen molar-refractivity contribution < 1.29 is 50.3 Å². The second-order valence-electron chi connectivity index (χ2n) is 9.90. The largest absolute Gasteiger partial charge is 0.423 e. The Labute approximate surface area is 223 Å². The molecule has 3 heterocycles. The molecule has 40 heavy (non-hydrogen) atoms. The molecule has 2 aliphatic rings. The molecule has 0 radical (unpaired) electrons. The molecule has 0 bridgehead atoms. The highest BCUT2D eigenvalue weighted by atomic mass is 19.4. The Hall–Kier alpha value is -3.62. The number of Topliss-reactive ketones (excluding diaryl/α,β-unsaturated/α-hetero) is 1. The van der Waals surface area contributed by atoms with Crippen LogP contribution in [0.15, 0.2) is 30.3 Å². The van der Waals surface area contributed by atoms with Gasteiger partial charge in [0.2, 0.25) is 17.9 Å². The molecular formula is C25H26F6N4O5. The standard InChI is InChI=1S/C25H26F6N4O5/c1-12-8-17(34-21(38)16-9-13-4-2-3-5-15(13)33-16)22(39)35(12)18(10-14-6-7-32-20(14)37)19(36)11-40-23(24(26,27)28)25(29,30)31/h2-5,9,12,14,17-18,23,33H,6-8,10-11H2,1H3,(H,32,37)(H,34,38). The minimum atomic E-state index is -5.83. The van der Waals surface area contributed by atoms with Crippen molar-refractivity contribution in [2.24, 2.45) is 5.92 Å². The number of H-pyrrole nitrogens is 1. The molecule has 0 spiro atoms. The van der Waals surface area contributed by atoms with Gasteiger partial charge in [-0.25, -0.2) is 0 Å². The highest BCUT2D eigenvalue weighted by molar-refractivity contribution is 6.01. The maximum atomic E-state index is 13.4. The number of hydrogen-bond donors (Lipinski definition) is 3. The number of benzene rings is 1. The van der Waals surface area contributed by atoms with Crippen LogP contribution in [-0.2, 0) is 19.1 Å². The molecular weight excluding hydrogens is 550 g/mol. The molecule has 15 heteroatoms. The number of rotatable bonds is 9. The van der Waals surface area contributed by atoms with Gasteiger partial charge in [0.1, 0.15) is 18.3 Å². The number of fused-ring (bicyclic) bond motifs is 1. The van der Waals surface area contributed by atoms with Crippen molar-refractivity contribution >= 4 is 34.4 Å². The van der Waals surface area contributed by atoms with E-state index in [1.54, 1.807) is 30.3 Å². The lowest BCUT2D eigenvalue weighted by atomic mass is 9.94. The lowest BCUT2D eigenvalue weighted by molar-refractivity contribution is -0.319. The lowest BCUT2D eigenvalue weighted by Gasteiger charge is -2.32. The monoisotopic (exact) mass is 576 g/mol. The van der Waals surface area contributed by atoms with Crippen molar-refractivity contribution in [1.29, 1.82) is 0 Å². The van der Waals surface area contributed by atoms with Crippen LogP contribution in [0, 0.1) is 5.92 Å². The molecule has 3 amide bonds. The van der Waals surface area contributed by atoms with Crippen LogP contribution in [0.25, 0.3) is 10.9 Å². The fraction of sp³-hybridized carbons (Fsp3) is 0.520. The minimum absolute atomic E-state index is 0.0139. The number of para-hydroxylation sites is 1. The van der Waals surface area contributed by atoms with E-state index in [1.807, 2.05) is 0 Å². The van der Waals surface area contributed by atoms with Gasteiger partial charge in [0, 0.05) is 29.4 Å². The highest BCUT2D eigenvalue weighted by Crippen LogP contribution is 2.36. The van der Waals surface area contributed by atoms with Gasteiger partial charge in [-0.1, -0.05) is 18.2 Å². The van der Waals surface area contributed by atoms with Gasteiger partial charge in [-0.2, -0.15) is 26.3 Å². The summed E-state index contributed by atoms with van der Waals surface area (Å²) in [5, 5.41) is 5.86. The van der Waals surface area contributed by atoms with Crippen molar-refractivity contribution in [2.75, 3.05) is 13.2 Å². The lowest BCUT2D eigenvalue weighted by Crippen LogP contribution is -2.52.